The van der Waals surface area contributed by atoms with Gasteiger partial charge in [-0.05, 0) is 20.3 Å². The van der Waals surface area contributed by atoms with Gasteiger partial charge < -0.3 is 15.3 Å². The van der Waals surface area contributed by atoms with Crippen molar-refractivity contribution in [3.63, 3.8) is 0 Å². The van der Waals surface area contributed by atoms with Gasteiger partial charge in [0.25, 0.3) is 0 Å². The van der Waals surface area contributed by atoms with Crippen LogP contribution in [-0.2, 0) is 9.59 Å². The summed E-state index contributed by atoms with van der Waals surface area (Å²) in [4.78, 5) is 27.1. The predicted molar refractivity (Wildman–Crippen MR) is 87.6 cm³/mol. The summed E-state index contributed by atoms with van der Waals surface area (Å²) in [6.45, 7) is 5.91. The molecule has 1 saturated heterocycles. The van der Waals surface area contributed by atoms with E-state index < -0.39 is 42.1 Å². The number of carbonyl (C=O) groups is 2. The third kappa shape index (κ3) is 3.17. The molecular formula is C17H25F2N3O3. The monoisotopic (exact) mass is 357 g/mol. The lowest BCUT2D eigenvalue weighted by atomic mass is 9.72. The fourth-order valence-corrected chi connectivity index (χ4v) is 4.46. The molecule has 2 fully saturated rings. The van der Waals surface area contributed by atoms with E-state index in [4.69, 9.17) is 0 Å². The van der Waals surface area contributed by atoms with Crippen LogP contribution in [0.2, 0.25) is 0 Å². The quantitative estimate of drug-likeness (QED) is 0.720. The number of piperazine rings is 1. The summed E-state index contributed by atoms with van der Waals surface area (Å²) in [5.74, 6) is -2.94. The first kappa shape index (κ1) is 18.3. The first-order valence-electron chi connectivity index (χ1n) is 8.85. The average Bonchev–Trinajstić information content (AvgIpc) is 2.55. The molecule has 6 atom stereocenters. The van der Waals surface area contributed by atoms with Crippen LogP contribution in [-0.4, -0.2) is 83.3 Å². The van der Waals surface area contributed by atoms with E-state index in [-0.39, 0.29) is 18.0 Å². The number of nitrogens with zero attached hydrogens (tertiary/aromatic N) is 2. The van der Waals surface area contributed by atoms with E-state index in [1.807, 2.05) is 11.8 Å². The zero-order valence-electron chi connectivity index (χ0n) is 14.5. The number of alkyl halides is 2. The molecule has 0 aromatic rings. The highest BCUT2D eigenvalue weighted by Crippen LogP contribution is 2.40. The second-order valence-electron chi connectivity index (χ2n) is 7.18. The van der Waals surface area contributed by atoms with Gasteiger partial charge >= 0.3 is 5.97 Å². The Morgan fingerprint density at radius 3 is 2.72 bits per heavy atom. The van der Waals surface area contributed by atoms with Crippen molar-refractivity contribution < 1.29 is 23.5 Å². The van der Waals surface area contributed by atoms with Gasteiger partial charge in [-0.25, -0.2) is 13.6 Å². The Labute approximate surface area is 145 Å². The van der Waals surface area contributed by atoms with E-state index in [0.717, 1.165) is 0 Å². The highest BCUT2D eigenvalue weighted by atomic mass is 19.1. The lowest BCUT2D eigenvalue weighted by Crippen LogP contribution is -2.67. The summed E-state index contributed by atoms with van der Waals surface area (Å²) < 4.78 is 30.3. The summed E-state index contributed by atoms with van der Waals surface area (Å²) in [7, 11) is 0. The number of hydrogen-bond acceptors (Lipinski definition) is 5. The van der Waals surface area contributed by atoms with Crippen molar-refractivity contribution >= 4 is 11.8 Å². The van der Waals surface area contributed by atoms with Crippen molar-refractivity contribution in [3.05, 3.63) is 11.8 Å². The molecular weight excluding hydrogens is 332 g/mol. The maximum absolute atomic E-state index is 15.4. The van der Waals surface area contributed by atoms with Crippen LogP contribution in [0.5, 0.6) is 0 Å². The van der Waals surface area contributed by atoms with Crippen LogP contribution in [0.3, 0.4) is 0 Å². The molecule has 6 nitrogen and oxygen atoms in total. The normalized spacial score (nSPS) is 39.8. The highest BCUT2D eigenvalue weighted by Gasteiger charge is 2.54. The molecule has 8 heteroatoms. The van der Waals surface area contributed by atoms with Crippen LogP contribution in [0, 0.1) is 5.92 Å². The van der Waals surface area contributed by atoms with Crippen LogP contribution in [0.25, 0.3) is 0 Å². The van der Waals surface area contributed by atoms with Gasteiger partial charge in [0.1, 0.15) is 17.9 Å². The van der Waals surface area contributed by atoms with Crippen LogP contribution in [0.4, 0.5) is 8.78 Å². The highest BCUT2D eigenvalue weighted by molar-refractivity contribution is 6.18. The maximum atomic E-state index is 15.4. The van der Waals surface area contributed by atoms with Gasteiger partial charge in [0.15, 0.2) is 5.78 Å². The van der Waals surface area contributed by atoms with Gasteiger partial charge in [0.05, 0.1) is 12.1 Å². The van der Waals surface area contributed by atoms with Crippen molar-refractivity contribution in [2.75, 3.05) is 26.2 Å². The predicted octanol–water partition coefficient (Wildman–Crippen LogP) is 0.587. The summed E-state index contributed by atoms with van der Waals surface area (Å²) in [6, 6.07) is -1.55. The Bertz CT molecular complexity index is 585. The van der Waals surface area contributed by atoms with E-state index in [1.54, 1.807) is 11.8 Å². The van der Waals surface area contributed by atoms with Gasteiger partial charge in [0, 0.05) is 44.3 Å². The Kier molecular flexibility index (Phi) is 5.11. The number of ketones is 1. The van der Waals surface area contributed by atoms with Gasteiger partial charge in [-0.15, -0.1) is 0 Å². The number of carboxylic acids is 1. The standard InChI is InChI=1S/C17H25F2N3O3/c1-3-21-8-11(17(24)25)16(23)10-6-12(18)15(13(19)14(10)21)22-5-4-20-9(2)7-22/h8-10,12-15,20H,3-7H2,1-2H3,(H,24,25). The zero-order valence-corrected chi connectivity index (χ0v) is 14.5. The molecule has 0 bridgehead atoms. The molecule has 3 aliphatic rings. The number of hydrogen-bond donors (Lipinski definition) is 2. The Morgan fingerprint density at radius 2 is 2.12 bits per heavy atom. The average molecular weight is 357 g/mol. The van der Waals surface area contributed by atoms with E-state index in [1.165, 1.54) is 6.20 Å². The first-order chi connectivity index (χ1) is 11.8. The molecule has 0 spiro atoms. The number of nitrogens with one attached hydrogen (secondary N) is 1. The van der Waals surface area contributed by atoms with Gasteiger partial charge in [0.2, 0.25) is 0 Å². The van der Waals surface area contributed by atoms with Crippen LogP contribution in [0.15, 0.2) is 11.8 Å². The molecule has 3 rings (SSSR count). The number of halogens is 2. The topological polar surface area (TPSA) is 72.9 Å². The smallest absolute Gasteiger partial charge is 0.340 e. The summed E-state index contributed by atoms with van der Waals surface area (Å²) in [5.41, 5.74) is -0.378. The molecule has 0 amide bonds. The first-order valence-corrected chi connectivity index (χ1v) is 8.85. The molecule has 6 unspecified atom stereocenters. The van der Waals surface area contributed by atoms with Crippen molar-refractivity contribution in [2.45, 2.75) is 50.7 Å². The summed E-state index contributed by atoms with van der Waals surface area (Å²) in [5, 5.41) is 12.5. The van der Waals surface area contributed by atoms with E-state index in [9.17, 15) is 19.1 Å². The van der Waals surface area contributed by atoms with Gasteiger partial charge in [-0.2, -0.15) is 0 Å². The van der Waals surface area contributed by atoms with Crippen LogP contribution in [0.1, 0.15) is 20.3 Å². The molecule has 1 aliphatic carbocycles. The molecule has 140 valence electrons. The third-order valence-electron chi connectivity index (χ3n) is 5.61. The molecule has 2 aliphatic heterocycles. The Morgan fingerprint density at radius 1 is 1.40 bits per heavy atom. The minimum absolute atomic E-state index is 0.131. The van der Waals surface area contributed by atoms with E-state index in [0.29, 0.717) is 26.2 Å². The number of rotatable bonds is 3. The second kappa shape index (κ2) is 6.99. The Hall–Kier alpha value is -1.54. The second-order valence-corrected chi connectivity index (χ2v) is 7.18. The van der Waals surface area contributed by atoms with E-state index >= 15 is 4.39 Å². The van der Waals surface area contributed by atoms with Crippen molar-refractivity contribution in [3.8, 4) is 0 Å². The number of fused-ring (bicyclic) bond motifs is 1. The molecule has 0 aromatic heterocycles. The Balaban J connectivity index is 1.90. The molecule has 0 aromatic carbocycles. The minimum atomic E-state index is -1.55. The maximum Gasteiger partial charge on any atom is 0.340 e. The van der Waals surface area contributed by atoms with Crippen molar-refractivity contribution in [1.82, 2.24) is 15.1 Å². The number of carboxylic acid groups (broad SMARTS) is 1. The lowest BCUT2D eigenvalue weighted by Gasteiger charge is -2.51. The number of Topliss-reactive ketones (excluding diaryl/α,β-unsaturated/α-hetero) is 1. The summed E-state index contributed by atoms with van der Waals surface area (Å²) in [6.07, 6.45) is -1.94. The van der Waals surface area contributed by atoms with Gasteiger partial charge in [-0.1, -0.05) is 0 Å². The largest absolute Gasteiger partial charge is 0.478 e. The fraction of sp³-hybridized carbons (Fsp3) is 0.765. The van der Waals surface area contributed by atoms with Crippen LogP contribution < -0.4 is 5.32 Å². The molecule has 25 heavy (non-hydrogen) atoms. The van der Waals surface area contributed by atoms with Crippen molar-refractivity contribution in [2.24, 2.45) is 5.92 Å². The van der Waals surface area contributed by atoms with Gasteiger partial charge in [-0.3, -0.25) is 9.69 Å². The third-order valence-corrected chi connectivity index (χ3v) is 5.61. The molecule has 0 radical (unpaired) electrons. The molecule has 1 saturated carbocycles. The molecule has 2 N–H and O–H groups in total. The fourth-order valence-electron chi connectivity index (χ4n) is 4.46. The molecule has 2 heterocycles. The number of carbonyl (C=O) groups excluding carboxylic acids is 1. The van der Waals surface area contributed by atoms with Crippen molar-refractivity contribution in [1.29, 1.82) is 0 Å². The number of aliphatic carboxylic acids is 1. The lowest BCUT2D eigenvalue weighted by molar-refractivity contribution is -0.140. The zero-order chi connectivity index (χ0) is 18.3. The SMILES string of the molecule is CCN1C=C(C(=O)O)C(=O)C2CC(F)C(N3CCNC(C)C3)C(F)C21. The van der Waals surface area contributed by atoms with Crippen LogP contribution >= 0.6 is 0 Å². The minimum Gasteiger partial charge on any atom is -0.478 e. The summed E-state index contributed by atoms with van der Waals surface area (Å²) >= 11 is 0. The van der Waals surface area contributed by atoms with E-state index in [2.05, 4.69) is 5.32 Å².